The molecule has 0 amide bonds. The molecule has 98 valence electrons. The summed E-state index contributed by atoms with van der Waals surface area (Å²) in [7, 11) is 0. The number of carboxylic acid groups (broad SMARTS) is 1. The molecular weight excluding hydrogens is 216 g/mol. The molecule has 2 atom stereocenters. The van der Waals surface area contributed by atoms with Gasteiger partial charge in [0.25, 0.3) is 0 Å². The molecule has 0 heterocycles. The number of aliphatic hydroxyl groups is 1. The highest BCUT2D eigenvalue weighted by Crippen LogP contribution is 2.63. The van der Waals surface area contributed by atoms with Crippen LogP contribution in [-0.4, -0.2) is 21.8 Å². The van der Waals surface area contributed by atoms with E-state index in [1.165, 1.54) is 0 Å². The maximum absolute atomic E-state index is 11.5. The molecule has 2 aliphatic rings. The highest BCUT2D eigenvalue weighted by atomic mass is 16.4. The van der Waals surface area contributed by atoms with E-state index in [1.807, 2.05) is 6.92 Å². The Morgan fingerprint density at radius 2 is 1.76 bits per heavy atom. The van der Waals surface area contributed by atoms with Gasteiger partial charge in [-0.1, -0.05) is 20.8 Å². The fraction of sp³-hybridized carbons (Fsp3) is 0.929. The summed E-state index contributed by atoms with van der Waals surface area (Å²) in [5.41, 5.74) is -1.79. The zero-order valence-corrected chi connectivity index (χ0v) is 11.1. The Balaban J connectivity index is 2.10. The fourth-order valence-electron chi connectivity index (χ4n) is 3.80. The number of carbonyl (C=O) groups is 1. The molecule has 0 aromatic rings. The van der Waals surface area contributed by atoms with Crippen molar-refractivity contribution in [2.24, 2.45) is 23.2 Å². The SMILES string of the molecule is CC(C)C1CCC(O)(C2(C(=O)O)CC2C)CC1. The van der Waals surface area contributed by atoms with Gasteiger partial charge in [0, 0.05) is 0 Å². The predicted molar refractivity (Wildman–Crippen MR) is 65.6 cm³/mol. The van der Waals surface area contributed by atoms with E-state index in [2.05, 4.69) is 13.8 Å². The minimum Gasteiger partial charge on any atom is -0.481 e. The first kappa shape index (κ1) is 12.9. The van der Waals surface area contributed by atoms with Crippen LogP contribution in [-0.2, 0) is 4.79 Å². The maximum atomic E-state index is 11.5. The first-order valence-electron chi connectivity index (χ1n) is 6.79. The van der Waals surface area contributed by atoms with Gasteiger partial charge in [-0.15, -0.1) is 0 Å². The molecule has 0 spiro atoms. The van der Waals surface area contributed by atoms with Crippen molar-refractivity contribution in [2.75, 3.05) is 0 Å². The van der Waals surface area contributed by atoms with Gasteiger partial charge in [0.2, 0.25) is 0 Å². The summed E-state index contributed by atoms with van der Waals surface area (Å²) in [6, 6.07) is 0. The molecule has 2 unspecified atom stereocenters. The average Bonchev–Trinajstić information content (AvgIpc) is 2.93. The van der Waals surface area contributed by atoms with Crippen molar-refractivity contribution < 1.29 is 15.0 Å². The summed E-state index contributed by atoms with van der Waals surface area (Å²) < 4.78 is 0. The Morgan fingerprint density at radius 1 is 1.29 bits per heavy atom. The van der Waals surface area contributed by atoms with Gasteiger partial charge in [-0.2, -0.15) is 0 Å². The van der Waals surface area contributed by atoms with Gasteiger partial charge in [0.1, 0.15) is 0 Å². The van der Waals surface area contributed by atoms with Crippen LogP contribution in [0.4, 0.5) is 0 Å². The number of hydrogen-bond acceptors (Lipinski definition) is 2. The molecule has 2 rings (SSSR count). The number of rotatable bonds is 3. The third kappa shape index (κ3) is 1.79. The van der Waals surface area contributed by atoms with Gasteiger partial charge in [-0.25, -0.2) is 0 Å². The van der Waals surface area contributed by atoms with Crippen LogP contribution >= 0.6 is 0 Å². The van der Waals surface area contributed by atoms with Crippen molar-refractivity contribution in [3.63, 3.8) is 0 Å². The standard InChI is InChI=1S/C14H24O3/c1-9(2)11-4-6-13(17,7-5-11)14(12(15)16)8-10(14)3/h9-11,17H,4-8H2,1-3H3,(H,15,16). The second kappa shape index (κ2) is 3.98. The largest absolute Gasteiger partial charge is 0.481 e. The molecule has 2 fully saturated rings. The molecule has 2 aliphatic carbocycles. The van der Waals surface area contributed by atoms with Crippen LogP contribution in [0.2, 0.25) is 0 Å². The zero-order chi connectivity index (χ0) is 12.8. The fourth-order valence-corrected chi connectivity index (χ4v) is 3.80. The molecule has 0 radical (unpaired) electrons. The molecule has 0 aliphatic heterocycles. The molecule has 2 saturated carbocycles. The van der Waals surface area contributed by atoms with Gasteiger partial charge in [0.15, 0.2) is 0 Å². The smallest absolute Gasteiger partial charge is 0.312 e. The summed E-state index contributed by atoms with van der Waals surface area (Å²) in [6.07, 6.45) is 3.90. The Morgan fingerprint density at radius 3 is 2.06 bits per heavy atom. The highest BCUT2D eigenvalue weighted by Gasteiger charge is 2.69. The van der Waals surface area contributed by atoms with Crippen LogP contribution in [0, 0.1) is 23.2 Å². The van der Waals surface area contributed by atoms with Gasteiger partial charge in [-0.3, -0.25) is 4.79 Å². The van der Waals surface area contributed by atoms with Crippen molar-refractivity contribution in [2.45, 2.75) is 58.5 Å². The van der Waals surface area contributed by atoms with Crippen LogP contribution in [0.15, 0.2) is 0 Å². The summed E-state index contributed by atoms with van der Waals surface area (Å²) in [4.78, 5) is 11.5. The van der Waals surface area contributed by atoms with E-state index >= 15 is 0 Å². The second-order valence-corrected chi connectivity index (χ2v) is 6.49. The van der Waals surface area contributed by atoms with Crippen LogP contribution in [0.1, 0.15) is 52.9 Å². The van der Waals surface area contributed by atoms with Gasteiger partial charge in [-0.05, 0) is 49.9 Å². The molecule has 0 aromatic carbocycles. The highest BCUT2D eigenvalue weighted by molar-refractivity contribution is 5.80. The lowest BCUT2D eigenvalue weighted by molar-refractivity contribution is -0.162. The summed E-state index contributed by atoms with van der Waals surface area (Å²) in [6.45, 7) is 6.37. The Hall–Kier alpha value is -0.570. The van der Waals surface area contributed by atoms with Crippen molar-refractivity contribution in [1.82, 2.24) is 0 Å². The number of hydrogen-bond donors (Lipinski definition) is 2. The molecule has 0 bridgehead atoms. The minimum absolute atomic E-state index is 0.126. The Bertz CT molecular complexity index is 315. The molecule has 17 heavy (non-hydrogen) atoms. The quantitative estimate of drug-likeness (QED) is 0.797. The number of carboxylic acids is 1. The van der Waals surface area contributed by atoms with Gasteiger partial charge < -0.3 is 10.2 Å². The van der Waals surface area contributed by atoms with E-state index in [4.69, 9.17) is 0 Å². The Kier molecular flexibility index (Phi) is 3.01. The number of aliphatic carboxylic acids is 1. The summed E-state index contributed by atoms with van der Waals surface area (Å²) in [5.74, 6) is 0.614. The topological polar surface area (TPSA) is 57.5 Å². The van der Waals surface area contributed by atoms with E-state index < -0.39 is 17.0 Å². The molecule has 3 nitrogen and oxygen atoms in total. The lowest BCUT2D eigenvalue weighted by atomic mass is 9.67. The lowest BCUT2D eigenvalue weighted by Crippen LogP contribution is -2.48. The monoisotopic (exact) mass is 240 g/mol. The van der Waals surface area contributed by atoms with Crippen molar-refractivity contribution >= 4 is 5.97 Å². The molecule has 3 heteroatoms. The van der Waals surface area contributed by atoms with Crippen molar-refractivity contribution in [3.05, 3.63) is 0 Å². The van der Waals surface area contributed by atoms with E-state index in [0.29, 0.717) is 31.1 Å². The molecule has 0 saturated heterocycles. The maximum Gasteiger partial charge on any atom is 0.312 e. The van der Waals surface area contributed by atoms with Gasteiger partial charge >= 0.3 is 5.97 Å². The van der Waals surface area contributed by atoms with E-state index in [-0.39, 0.29) is 5.92 Å². The van der Waals surface area contributed by atoms with Crippen LogP contribution in [0.5, 0.6) is 0 Å². The lowest BCUT2D eigenvalue weighted by Gasteiger charge is -2.42. The molecular formula is C14H24O3. The van der Waals surface area contributed by atoms with Crippen LogP contribution in [0.25, 0.3) is 0 Å². The normalized spacial score (nSPS) is 45.9. The zero-order valence-electron chi connectivity index (χ0n) is 11.1. The third-order valence-corrected chi connectivity index (χ3v) is 5.32. The van der Waals surface area contributed by atoms with E-state index in [1.54, 1.807) is 0 Å². The van der Waals surface area contributed by atoms with Crippen molar-refractivity contribution in [3.8, 4) is 0 Å². The van der Waals surface area contributed by atoms with Crippen LogP contribution < -0.4 is 0 Å². The first-order valence-corrected chi connectivity index (χ1v) is 6.79. The summed E-state index contributed by atoms with van der Waals surface area (Å²) in [5, 5.41) is 20.1. The third-order valence-electron chi connectivity index (χ3n) is 5.32. The first-order chi connectivity index (χ1) is 7.83. The van der Waals surface area contributed by atoms with Crippen LogP contribution in [0.3, 0.4) is 0 Å². The van der Waals surface area contributed by atoms with Gasteiger partial charge in [0.05, 0.1) is 11.0 Å². The predicted octanol–water partition coefficient (Wildman–Crippen LogP) is 2.67. The Labute approximate surface area is 103 Å². The molecule has 2 N–H and O–H groups in total. The minimum atomic E-state index is -0.955. The van der Waals surface area contributed by atoms with E-state index in [9.17, 15) is 15.0 Å². The average molecular weight is 240 g/mol. The molecule has 0 aromatic heterocycles. The van der Waals surface area contributed by atoms with Crippen molar-refractivity contribution in [1.29, 1.82) is 0 Å². The summed E-state index contributed by atoms with van der Waals surface area (Å²) >= 11 is 0. The van der Waals surface area contributed by atoms with E-state index in [0.717, 1.165) is 12.8 Å². The second-order valence-electron chi connectivity index (χ2n) is 6.49.